The number of aromatic nitrogens is 3. The molecule has 7 aliphatic heterocycles. The van der Waals surface area contributed by atoms with E-state index in [1.807, 2.05) is 28.6 Å². The van der Waals surface area contributed by atoms with Gasteiger partial charge in [-0.2, -0.15) is 5.10 Å². The van der Waals surface area contributed by atoms with E-state index in [-0.39, 0.29) is 41.8 Å². The van der Waals surface area contributed by atoms with Crippen molar-refractivity contribution in [1.29, 1.82) is 0 Å². The third kappa shape index (κ3) is 8.45. The first kappa shape index (κ1) is 46.9. The van der Waals surface area contributed by atoms with Gasteiger partial charge in [-0.05, 0) is 147 Å². The highest BCUT2D eigenvalue weighted by molar-refractivity contribution is 7.17. The number of thiazole rings is 1. The van der Waals surface area contributed by atoms with E-state index < -0.39 is 36.1 Å². The van der Waals surface area contributed by atoms with Crippen LogP contribution in [0.3, 0.4) is 0 Å². The number of carbonyl (C=O) groups is 5. The van der Waals surface area contributed by atoms with Gasteiger partial charge in [0.05, 0.1) is 39.4 Å². The summed E-state index contributed by atoms with van der Waals surface area (Å²) >= 11 is 1.62. The molecule has 2 aromatic heterocycles. The van der Waals surface area contributed by atoms with Gasteiger partial charge in [-0.15, -0.1) is 11.3 Å². The summed E-state index contributed by atoms with van der Waals surface area (Å²) in [6.45, 7) is 9.19. The molecular weight excluding hydrogens is 941 g/mol. The third-order valence-corrected chi connectivity index (χ3v) is 17.5. The quantitative estimate of drug-likeness (QED) is 0.143. The SMILES string of the molecule is CC(=O)N1CCc2c(c(N3CCCc4cc(-c5cc(C6CCN(CC7CCN(c8ccc9c(c8)C(=O)N(C8CCC(=O)NC8=O)C9=O)CC7)CC6)c6scnc6c5)c(C(F)F)cc43)nn2C2CCOCC2)C1. The van der Waals surface area contributed by atoms with Crippen LogP contribution in [0.5, 0.6) is 0 Å². The van der Waals surface area contributed by atoms with E-state index >= 15 is 8.78 Å². The van der Waals surface area contributed by atoms with Crippen molar-refractivity contribution in [3.05, 3.63) is 87.0 Å². The van der Waals surface area contributed by atoms with Gasteiger partial charge in [-0.1, -0.05) is 0 Å². The molecule has 1 atom stereocenters. The highest BCUT2D eigenvalue weighted by Gasteiger charge is 2.45. The zero-order valence-corrected chi connectivity index (χ0v) is 41.4. The lowest BCUT2D eigenvalue weighted by atomic mass is 9.85. The second-order valence-electron chi connectivity index (χ2n) is 20.8. The Morgan fingerprint density at radius 2 is 1.64 bits per heavy atom. The molecule has 1 N–H and O–H groups in total. The number of hydrogen-bond acceptors (Lipinski definition) is 12. The standard InChI is InChI=1S/C54H59F2N9O6S/c1-31(66)62-20-12-45-43(29-62)51(59-65(45)36-13-21-71-22-14-36)63-15-2-3-34-23-39(41(50(55)56)27-47(34)63)35-24-40(49-44(25-35)57-30-72-49)33-10-16-60(17-11-33)28-32-8-18-61(19-9-32)37-4-5-38-42(26-37)54(70)64(53(38)69)46-6-7-48(67)58-52(46)68/h4-5,23-27,30,32-33,36,46,50H,2-3,6-22,28-29H2,1H3,(H,58,67,68). The summed E-state index contributed by atoms with van der Waals surface area (Å²) in [5.74, 6) is -0.449. The van der Waals surface area contributed by atoms with Crippen molar-refractivity contribution in [2.24, 2.45) is 5.92 Å². The van der Waals surface area contributed by atoms with E-state index in [1.54, 1.807) is 36.5 Å². The summed E-state index contributed by atoms with van der Waals surface area (Å²) in [6.07, 6.45) is 5.42. The molecule has 5 amide bonds. The van der Waals surface area contributed by atoms with Crippen molar-refractivity contribution >= 4 is 68.3 Å². The van der Waals surface area contributed by atoms with Crippen LogP contribution in [0.4, 0.5) is 26.0 Å². The largest absolute Gasteiger partial charge is 0.381 e. The Kier molecular flexibility index (Phi) is 12.4. The predicted octanol–water partition coefficient (Wildman–Crippen LogP) is 7.94. The monoisotopic (exact) mass is 999 g/mol. The number of rotatable bonds is 9. The topological polar surface area (TPSA) is 154 Å². The average Bonchev–Trinajstić information content (AvgIpc) is 4.10. The Labute approximate surface area is 420 Å². The highest BCUT2D eigenvalue weighted by atomic mass is 32.1. The second kappa shape index (κ2) is 19.1. The zero-order valence-electron chi connectivity index (χ0n) is 40.5. The fourth-order valence-electron chi connectivity index (χ4n) is 12.7. The summed E-state index contributed by atoms with van der Waals surface area (Å²) in [5.41, 5.74) is 10.6. The number of benzene rings is 3. The number of nitrogens with one attached hydrogen (secondary N) is 1. The van der Waals surface area contributed by atoms with E-state index in [9.17, 15) is 24.0 Å². The summed E-state index contributed by atoms with van der Waals surface area (Å²) in [6, 6.07) is 12.4. The minimum absolute atomic E-state index is 0.00123. The Morgan fingerprint density at radius 1 is 0.847 bits per heavy atom. The van der Waals surface area contributed by atoms with Crippen molar-refractivity contribution in [3.8, 4) is 11.1 Å². The third-order valence-electron chi connectivity index (χ3n) is 16.6. The number of likely N-dealkylation sites (tertiary alicyclic amines) is 1. The van der Waals surface area contributed by atoms with Crippen molar-refractivity contribution < 1.29 is 37.5 Å². The number of halogens is 2. The van der Waals surface area contributed by atoms with Gasteiger partial charge in [0.15, 0.2) is 5.82 Å². The molecule has 12 rings (SSSR count). The number of nitrogens with zero attached hydrogens (tertiary/aromatic N) is 8. The normalized spacial score (nSPS) is 21.8. The van der Waals surface area contributed by atoms with Crippen LogP contribution in [0.1, 0.15) is 132 Å². The number of imide groups is 2. The maximum Gasteiger partial charge on any atom is 0.264 e. The molecule has 9 heterocycles. The fraction of sp³-hybridized carbons (Fsp3) is 0.500. The van der Waals surface area contributed by atoms with Gasteiger partial charge in [0, 0.05) is 93.9 Å². The van der Waals surface area contributed by atoms with Crippen LogP contribution in [-0.2, 0) is 38.5 Å². The van der Waals surface area contributed by atoms with Crippen LogP contribution < -0.4 is 15.1 Å². The van der Waals surface area contributed by atoms with Crippen LogP contribution >= 0.6 is 11.3 Å². The van der Waals surface area contributed by atoms with E-state index in [1.165, 1.54) is 5.56 Å². The number of carbonyl (C=O) groups excluding carboxylic acids is 5. The lowest BCUT2D eigenvalue weighted by Crippen LogP contribution is -2.54. The summed E-state index contributed by atoms with van der Waals surface area (Å²) in [5, 5.41) is 7.53. The van der Waals surface area contributed by atoms with Gasteiger partial charge in [0.1, 0.15) is 6.04 Å². The predicted molar refractivity (Wildman–Crippen MR) is 268 cm³/mol. The molecule has 5 aromatic rings. The average molecular weight is 1000 g/mol. The molecule has 0 saturated carbocycles. The van der Waals surface area contributed by atoms with E-state index in [4.69, 9.17) is 14.8 Å². The number of fused-ring (bicyclic) bond motifs is 4. The summed E-state index contributed by atoms with van der Waals surface area (Å²) < 4.78 is 40.0. The molecule has 18 heteroatoms. The summed E-state index contributed by atoms with van der Waals surface area (Å²) in [7, 11) is 0. The molecule has 0 spiro atoms. The minimum Gasteiger partial charge on any atom is -0.381 e. The Balaban J connectivity index is 0.733. The van der Waals surface area contributed by atoms with Crippen molar-refractivity contribution in [3.63, 3.8) is 0 Å². The number of alkyl halides is 2. The summed E-state index contributed by atoms with van der Waals surface area (Å²) in [4.78, 5) is 78.3. The molecule has 0 radical (unpaired) electrons. The minimum atomic E-state index is -2.71. The van der Waals surface area contributed by atoms with Gasteiger partial charge in [0.25, 0.3) is 18.2 Å². The van der Waals surface area contributed by atoms with Crippen molar-refractivity contribution in [2.45, 2.75) is 109 Å². The lowest BCUT2D eigenvalue weighted by Gasteiger charge is -2.38. The molecule has 15 nitrogen and oxygen atoms in total. The number of hydrogen-bond donors (Lipinski definition) is 1. The Hall–Kier alpha value is -6.11. The first-order chi connectivity index (χ1) is 35.0. The molecular formula is C54H59F2N9O6S. The molecule has 0 bridgehead atoms. The molecule has 1 unspecified atom stereocenters. The van der Waals surface area contributed by atoms with Gasteiger partial charge in [-0.25, -0.2) is 13.8 Å². The number of anilines is 3. The molecule has 7 aliphatic rings. The zero-order chi connectivity index (χ0) is 49.4. The highest BCUT2D eigenvalue weighted by Crippen LogP contribution is 2.46. The van der Waals surface area contributed by atoms with Crippen molar-refractivity contribution in [1.82, 2.24) is 34.8 Å². The van der Waals surface area contributed by atoms with Crippen LogP contribution in [-0.4, -0.2) is 124 Å². The number of aryl methyl sites for hydroxylation is 1. The van der Waals surface area contributed by atoms with Gasteiger partial charge in [-0.3, -0.25) is 38.9 Å². The van der Waals surface area contributed by atoms with Gasteiger partial charge < -0.3 is 24.3 Å². The molecule has 4 fully saturated rings. The van der Waals surface area contributed by atoms with Crippen LogP contribution in [0.2, 0.25) is 0 Å². The van der Waals surface area contributed by atoms with Crippen LogP contribution in [0.25, 0.3) is 21.3 Å². The molecule has 4 saturated heterocycles. The van der Waals surface area contributed by atoms with E-state index in [0.717, 1.165) is 139 Å². The molecule has 376 valence electrons. The van der Waals surface area contributed by atoms with Gasteiger partial charge in [0.2, 0.25) is 17.7 Å². The Bertz CT molecular complexity index is 3010. The van der Waals surface area contributed by atoms with Crippen LogP contribution in [0.15, 0.2) is 48.0 Å². The molecule has 72 heavy (non-hydrogen) atoms. The maximum atomic E-state index is 15.5. The van der Waals surface area contributed by atoms with E-state index in [2.05, 4.69) is 30.8 Å². The molecule has 0 aliphatic carbocycles. The smallest absolute Gasteiger partial charge is 0.264 e. The van der Waals surface area contributed by atoms with E-state index in [0.29, 0.717) is 56.3 Å². The Morgan fingerprint density at radius 3 is 2.40 bits per heavy atom. The van der Waals surface area contributed by atoms with Crippen molar-refractivity contribution in [2.75, 3.05) is 68.8 Å². The first-order valence-corrected chi connectivity index (χ1v) is 26.7. The lowest BCUT2D eigenvalue weighted by molar-refractivity contribution is -0.136. The second-order valence-corrected chi connectivity index (χ2v) is 21.7. The molecule has 3 aromatic carbocycles. The maximum absolute atomic E-state index is 15.5. The van der Waals surface area contributed by atoms with Crippen LogP contribution in [0, 0.1) is 5.92 Å². The first-order valence-electron chi connectivity index (χ1n) is 25.8. The fourth-order valence-corrected chi connectivity index (χ4v) is 13.6. The number of amides is 5. The van der Waals surface area contributed by atoms with Gasteiger partial charge >= 0.3 is 0 Å². The number of piperidine rings is 3. The number of ether oxygens (including phenoxy) is 1.